The number of piperidine rings is 1. The second-order valence-electron chi connectivity index (χ2n) is 8.77. The molecule has 1 spiro atoms. The summed E-state index contributed by atoms with van der Waals surface area (Å²) in [7, 11) is 0. The lowest BCUT2D eigenvalue weighted by molar-refractivity contribution is -0.136. The van der Waals surface area contributed by atoms with Crippen molar-refractivity contribution in [3.63, 3.8) is 0 Å². The van der Waals surface area contributed by atoms with Crippen LogP contribution in [-0.4, -0.2) is 51.7 Å². The van der Waals surface area contributed by atoms with Gasteiger partial charge in [0.2, 0.25) is 11.8 Å². The van der Waals surface area contributed by atoms with E-state index >= 15 is 0 Å². The fourth-order valence-corrected chi connectivity index (χ4v) is 5.50. The minimum atomic E-state index is -0.566. The highest BCUT2D eigenvalue weighted by Crippen LogP contribution is 2.46. The van der Waals surface area contributed by atoms with Gasteiger partial charge in [-0.3, -0.25) is 24.6 Å². The van der Waals surface area contributed by atoms with Crippen LogP contribution in [0.15, 0.2) is 18.2 Å². The maximum atomic E-state index is 13.0. The maximum absolute atomic E-state index is 13.0. The molecule has 1 saturated carbocycles. The van der Waals surface area contributed by atoms with E-state index in [4.69, 9.17) is 5.73 Å². The smallest absolute Gasteiger partial charge is 0.255 e. The molecule has 5 rings (SSSR count). The minimum absolute atomic E-state index is 0.108. The van der Waals surface area contributed by atoms with Crippen LogP contribution in [0.2, 0.25) is 0 Å². The van der Waals surface area contributed by atoms with Crippen molar-refractivity contribution in [2.24, 2.45) is 5.73 Å². The first kappa shape index (κ1) is 17.8. The number of nitrogens with one attached hydrogen (secondary N) is 1. The Balaban J connectivity index is 1.39. The lowest BCUT2D eigenvalue weighted by Gasteiger charge is -2.46. The Labute approximate surface area is 164 Å². The van der Waals surface area contributed by atoms with Crippen LogP contribution in [0.3, 0.4) is 0 Å². The third-order valence-corrected chi connectivity index (χ3v) is 7.09. The van der Waals surface area contributed by atoms with E-state index < -0.39 is 6.04 Å². The van der Waals surface area contributed by atoms with Crippen LogP contribution in [0.4, 0.5) is 0 Å². The van der Waals surface area contributed by atoms with Crippen molar-refractivity contribution in [1.82, 2.24) is 15.1 Å². The molecule has 3 N–H and O–H groups in total. The molecule has 0 bridgehead atoms. The van der Waals surface area contributed by atoms with Gasteiger partial charge in [-0.15, -0.1) is 0 Å². The van der Waals surface area contributed by atoms with Crippen LogP contribution < -0.4 is 11.1 Å². The number of imide groups is 1. The number of nitrogens with two attached hydrogens (primary N) is 1. The van der Waals surface area contributed by atoms with Gasteiger partial charge in [-0.25, -0.2) is 0 Å². The van der Waals surface area contributed by atoms with Crippen molar-refractivity contribution in [2.45, 2.75) is 69.2 Å². The van der Waals surface area contributed by atoms with Crippen LogP contribution in [-0.2, 0) is 22.7 Å². The molecule has 148 valence electrons. The SMILES string of the molecule is NC1CN(Cc2cccc3c2CN(C2CCC(=O)NC2=O)C3=O)C2(CCC2)C1. The first-order valence-electron chi connectivity index (χ1n) is 10.2. The van der Waals surface area contributed by atoms with Gasteiger partial charge in [-0.1, -0.05) is 12.1 Å². The number of nitrogens with zero attached hydrogens (tertiary/aromatic N) is 2. The van der Waals surface area contributed by atoms with Crippen LogP contribution in [0.25, 0.3) is 0 Å². The predicted octanol–water partition coefficient (Wildman–Crippen LogP) is 0.903. The summed E-state index contributed by atoms with van der Waals surface area (Å²) in [6.07, 6.45) is 5.40. The quantitative estimate of drug-likeness (QED) is 0.758. The normalized spacial score (nSPS) is 29.2. The molecule has 1 aromatic carbocycles. The summed E-state index contributed by atoms with van der Waals surface area (Å²) in [6, 6.07) is 5.53. The Morgan fingerprint density at radius 3 is 2.75 bits per heavy atom. The van der Waals surface area contributed by atoms with E-state index in [1.807, 2.05) is 12.1 Å². The lowest BCUT2D eigenvalue weighted by Crippen LogP contribution is -2.52. The Morgan fingerprint density at radius 2 is 2.04 bits per heavy atom. The molecule has 1 aliphatic carbocycles. The number of amides is 3. The molecule has 2 saturated heterocycles. The van der Waals surface area contributed by atoms with Crippen molar-refractivity contribution in [3.8, 4) is 0 Å². The Morgan fingerprint density at radius 1 is 1.21 bits per heavy atom. The third kappa shape index (κ3) is 2.68. The second kappa shape index (κ2) is 6.39. The number of carbonyl (C=O) groups excluding carboxylic acids is 3. The number of fused-ring (bicyclic) bond motifs is 1. The van der Waals surface area contributed by atoms with Crippen LogP contribution >= 0.6 is 0 Å². The first-order chi connectivity index (χ1) is 13.5. The zero-order valence-corrected chi connectivity index (χ0v) is 15.9. The fraction of sp³-hybridized carbons (Fsp3) is 0.571. The molecular formula is C21H26N4O3. The van der Waals surface area contributed by atoms with E-state index in [0.717, 1.165) is 30.6 Å². The highest BCUT2D eigenvalue weighted by atomic mass is 16.2. The van der Waals surface area contributed by atoms with E-state index in [1.165, 1.54) is 19.3 Å². The number of hydrogen-bond acceptors (Lipinski definition) is 5. The zero-order chi connectivity index (χ0) is 19.5. The molecule has 1 aromatic rings. The summed E-state index contributed by atoms with van der Waals surface area (Å²) in [6.45, 7) is 2.13. The van der Waals surface area contributed by atoms with Gasteiger partial charge in [-0.2, -0.15) is 0 Å². The summed E-state index contributed by atoms with van der Waals surface area (Å²) in [4.78, 5) is 40.8. The summed E-state index contributed by atoms with van der Waals surface area (Å²) in [5.41, 5.74) is 9.38. The van der Waals surface area contributed by atoms with E-state index in [-0.39, 0.29) is 35.7 Å². The fourth-order valence-electron chi connectivity index (χ4n) is 5.50. The molecule has 2 atom stereocenters. The highest BCUT2D eigenvalue weighted by molar-refractivity contribution is 6.05. The molecule has 3 fully saturated rings. The molecule has 4 aliphatic rings. The molecule has 3 heterocycles. The first-order valence-corrected chi connectivity index (χ1v) is 10.2. The molecule has 7 heteroatoms. The molecule has 2 unspecified atom stereocenters. The number of rotatable bonds is 3. The van der Waals surface area contributed by atoms with Gasteiger partial charge in [0.25, 0.3) is 5.91 Å². The third-order valence-electron chi connectivity index (χ3n) is 7.09. The Hall–Kier alpha value is -2.25. The summed E-state index contributed by atoms with van der Waals surface area (Å²) in [5, 5.41) is 2.36. The van der Waals surface area contributed by atoms with Gasteiger partial charge in [0.1, 0.15) is 6.04 Å². The van der Waals surface area contributed by atoms with E-state index in [0.29, 0.717) is 18.5 Å². The van der Waals surface area contributed by atoms with Crippen molar-refractivity contribution < 1.29 is 14.4 Å². The standard InChI is InChI=1S/C21H26N4O3/c22-14-9-21(7-2-8-21)24(11-14)10-13-3-1-4-15-16(13)12-25(20(15)28)17-5-6-18(26)23-19(17)27/h1,3-4,14,17H,2,5-12,22H2,(H,23,26,27). The predicted molar refractivity (Wildman–Crippen MR) is 102 cm³/mol. The van der Waals surface area contributed by atoms with E-state index in [9.17, 15) is 14.4 Å². The molecule has 3 amide bonds. The Bertz CT molecular complexity index is 863. The van der Waals surface area contributed by atoms with Crippen molar-refractivity contribution in [3.05, 3.63) is 34.9 Å². The summed E-state index contributed by atoms with van der Waals surface area (Å²) in [5.74, 6) is -0.733. The molecular weight excluding hydrogens is 356 g/mol. The van der Waals surface area contributed by atoms with Crippen molar-refractivity contribution in [2.75, 3.05) is 6.54 Å². The number of hydrogen-bond donors (Lipinski definition) is 2. The van der Waals surface area contributed by atoms with Gasteiger partial charge in [-0.05, 0) is 49.3 Å². The Kier molecular flexibility index (Phi) is 4.07. The largest absolute Gasteiger partial charge is 0.326 e. The van der Waals surface area contributed by atoms with Crippen LogP contribution in [0.5, 0.6) is 0 Å². The van der Waals surface area contributed by atoms with Crippen molar-refractivity contribution in [1.29, 1.82) is 0 Å². The van der Waals surface area contributed by atoms with Crippen LogP contribution in [0, 0.1) is 0 Å². The molecule has 0 radical (unpaired) electrons. The highest BCUT2D eigenvalue weighted by Gasteiger charge is 2.48. The van der Waals surface area contributed by atoms with E-state index in [1.54, 1.807) is 4.90 Å². The summed E-state index contributed by atoms with van der Waals surface area (Å²) < 4.78 is 0. The van der Waals surface area contributed by atoms with E-state index in [2.05, 4.69) is 16.3 Å². The average Bonchev–Trinajstić information content (AvgIpc) is 3.13. The lowest BCUT2D eigenvalue weighted by atomic mass is 9.74. The summed E-state index contributed by atoms with van der Waals surface area (Å²) >= 11 is 0. The van der Waals surface area contributed by atoms with Crippen molar-refractivity contribution >= 4 is 17.7 Å². The topological polar surface area (TPSA) is 95.7 Å². The average molecular weight is 382 g/mol. The number of likely N-dealkylation sites (tertiary alicyclic amines) is 1. The van der Waals surface area contributed by atoms with Crippen LogP contribution in [0.1, 0.15) is 60.0 Å². The van der Waals surface area contributed by atoms with Gasteiger partial charge in [0.05, 0.1) is 0 Å². The van der Waals surface area contributed by atoms with Gasteiger partial charge in [0.15, 0.2) is 0 Å². The molecule has 7 nitrogen and oxygen atoms in total. The second-order valence-corrected chi connectivity index (χ2v) is 8.77. The maximum Gasteiger partial charge on any atom is 0.255 e. The van der Waals surface area contributed by atoms with Gasteiger partial charge >= 0.3 is 0 Å². The zero-order valence-electron chi connectivity index (χ0n) is 15.9. The van der Waals surface area contributed by atoms with Gasteiger partial charge in [0, 0.05) is 43.2 Å². The number of carbonyl (C=O) groups is 3. The minimum Gasteiger partial charge on any atom is -0.326 e. The number of benzene rings is 1. The monoisotopic (exact) mass is 382 g/mol. The van der Waals surface area contributed by atoms with Gasteiger partial charge < -0.3 is 10.6 Å². The molecule has 0 aromatic heterocycles. The molecule has 28 heavy (non-hydrogen) atoms. The molecule has 3 aliphatic heterocycles.